The zero-order valence-corrected chi connectivity index (χ0v) is 17.9. The van der Waals surface area contributed by atoms with Crippen molar-refractivity contribution in [1.29, 1.82) is 0 Å². The van der Waals surface area contributed by atoms with Crippen LogP contribution in [0.4, 0.5) is 26.3 Å². The van der Waals surface area contributed by atoms with Gasteiger partial charge in [-0.15, -0.1) is 0 Å². The Morgan fingerprint density at radius 2 is 1.72 bits per heavy atom. The summed E-state index contributed by atoms with van der Waals surface area (Å²) in [5.74, 6) is -5.77. The minimum absolute atomic E-state index is 0.0704. The molecule has 2 rings (SSSR count). The molecule has 0 spiro atoms. The van der Waals surface area contributed by atoms with Crippen LogP contribution in [0.3, 0.4) is 0 Å². The first kappa shape index (κ1) is 25.8. The van der Waals surface area contributed by atoms with E-state index < -0.39 is 66.0 Å². The lowest BCUT2D eigenvalue weighted by Crippen LogP contribution is -2.44. The van der Waals surface area contributed by atoms with Gasteiger partial charge in [-0.05, 0) is 18.1 Å². The van der Waals surface area contributed by atoms with Gasteiger partial charge in [0.2, 0.25) is 5.91 Å². The van der Waals surface area contributed by atoms with Crippen molar-refractivity contribution >= 4 is 17.3 Å². The molecule has 0 saturated heterocycles. The summed E-state index contributed by atoms with van der Waals surface area (Å²) in [5.41, 5.74) is -0.959. The minimum Gasteiger partial charge on any atom is -0.392 e. The number of rotatable bonds is 8. The number of benzene rings is 1. The average Bonchev–Trinajstić information content (AvgIpc) is 2.68. The summed E-state index contributed by atoms with van der Waals surface area (Å²) in [6.45, 7) is 4.93. The molecule has 1 amide bonds. The fourth-order valence-corrected chi connectivity index (χ4v) is 3.45. The van der Waals surface area contributed by atoms with Crippen molar-refractivity contribution in [2.75, 3.05) is 13.1 Å². The Kier molecular flexibility index (Phi) is 8.44. The Morgan fingerprint density at radius 1 is 1.09 bits per heavy atom. The van der Waals surface area contributed by atoms with Gasteiger partial charge in [-0.1, -0.05) is 20.8 Å². The number of amides is 1. The van der Waals surface area contributed by atoms with Crippen molar-refractivity contribution in [1.82, 2.24) is 4.90 Å². The molecule has 5 nitrogen and oxygen atoms in total. The number of aliphatic hydroxyl groups excluding tert-OH is 1. The van der Waals surface area contributed by atoms with Crippen molar-refractivity contribution in [3.8, 4) is 0 Å². The fraction of sp³-hybridized carbons (Fsp3) is 0.571. The van der Waals surface area contributed by atoms with E-state index in [1.54, 1.807) is 13.8 Å². The van der Waals surface area contributed by atoms with Crippen molar-refractivity contribution in [3.05, 3.63) is 35.1 Å². The Bertz CT molecular complexity index is 900. The number of hydrogen-bond acceptors (Lipinski definition) is 4. The first-order valence-corrected chi connectivity index (χ1v) is 10.2. The number of alkyl halides is 3. The predicted molar refractivity (Wildman–Crippen MR) is 107 cm³/mol. The molecule has 0 aliphatic carbocycles. The van der Waals surface area contributed by atoms with Crippen LogP contribution in [-0.2, 0) is 11.2 Å². The van der Waals surface area contributed by atoms with Gasteiger partial charge in [-0.25, -0.2) is 13.2 Å². The van der Waals surface area contributed by atoms with Crippen molar-refractivity contribution in [3.63, 3.8) is 0 Å². The summed E-state index contributed by atoms with van der Waals surface area (Å²) in [6.07, 6.45) is -6.29. The predicted octanol–water partition coefficient (Wildman–Crippen LogP) is 4.28. The SMILES string of the molecule is CCCN(CC1=NN=C(C(F)(F)F)C(C)C1C)C(=O)CC(O)Cc1cc(F)c(F)cc1F. The zero-order valence-electron chi connectivity index (χ0n) is 17.9. The van der Waals surface area contributed by atoms with Crippen molar-refractivity contribution in [2.45, 2.75) is 52.3 Å². The van der Waals surface area contributed by atoms with E-state index in [0.717, 1.165) is 0 Å². The highest BCUT2D eigenvalue weighted by molar-refractivity contribution is 6.01. The second kappa shape index (κ2) is 10.5. The third kappa shape index (κ3) is 6.30. The summed E-state index contributed by atoms with van der Waals surface area (Å²) in [6, 6.07) is 0.986. The lowest BCUT2D eigenvalue weighted by molar-refractivity contribution is -0.132. The van der Waals surface area contributed by atoms with E-state index in [1.165, 1.54) is 11.8 Å². The minimum atomic E-state index is -4.60. The molecule has 0 saturated carbocycles. The van der Waals surface area contributed by atoms with Crippen LogP contribution in [0.25, 0.3) is 0 Å². The van der Waals surface area contributed by atoms with E-state index in [1.807, 2.05) is 0 Å². The topological polar surface area (TPSA) is 65.3 Å². The third-order valence-corrected chi connectivity index (χ3v) is 5.44. The average molecular weight is 465 g/mol. The quantitative estimate of drug-likeness (QED) is 0.460. The molecule has 178 valence electrons. The second-order valence-electron chi connectivity index (χ2n) is 7.89. The molecule has 3 unspecified atom stereocenters. The standard InChI is InChI=1S/C21H25F6N3O2/c1-4-5-30(10-18-11(2)12(3)20(29-28-18)21(25,26)27)19(32)8-14(31)6-13-7-16(23)17(24)9-15(13)22/h7,9,11-12,14,31H,4-6,8,10H2,1-3H3. The largest absolute Gasteiger partial charge is 0.431 e. The van der Waals surface area contributed by atoms with Gasteiger partial charge in [0.25, 0.3) is 0 Å². The first-order valence-electron chi connectivity index (χ1n) is 10.2. The smallest absolute Gasteiger partial charge is 0.392 e. The number of halogens is 6. The molecule has 1 aromatic carbocycles. The van der Waals surface area contributed by atoms with Crippen LogP contribution in [0.5, 0.6) is 0 Å². The van der Waals surface area contributed by atoms with Gasteiger partial charge in [0.15, 0.2) is 11.6 Å². The van der Waals surface area contributed by atoms with Crippen molar-refractivity contribution in [2.24, 2.45) is 22.0 Å². The molecular weight excluding hydrogens is 440 g/mol. The maximum atomic E-state index is 13.8. The van der Waals surface area contributed by atoms with Crippen LogP contribution in [0.1, 0.15) is 39.2 Å². The maximum Gasteiger partial charge on any atom is 0.431 e. The normalized spacial score (nSPS) is 19.9. The molecule has 0 radical (unpaired) electrons. The lowest BCUT2D eigenvalue weighted by atomic mass is 9.86. The van der Waals surface area contributed by atoms with E-state index >= 15 is 0 Å². The third-order valence-electron chi connectivity index (χ3n) is 5.44. The highest BCUT2D eigenvalue weighted by Crippen LogP contribution is 2.30. The second-order valence-corrected chi connectivity index (χ2v) is 7.89. The Morgan fingerprint density at radius 3 is 2.31 bits per heavy atom. The molecule has 32 heavy (non-hydrogen) atoms. The molecule has 1 N–H and O–H groups in total. The molecule has 1 aliphatic heterocycles. The van der Waals surface area contributed by atoms with Crippen LogP contribution in [0, 0.1) is 29.3 Å². The Balaban J connectivity index is 2.10. The summed E-state index contributed by atoms with van der Waals surface area (Å²) in [5, 5.41) is 17.2. The molecule has 1 aromatic rings. The Labute approximate surface area is 181 Å². The van der Waals surface area contributed by atoms with Crippen LogP contribution in [0.2, 0.25) is 0 Å². The fourth-order valence-electron chi connectivity index (χ4n) is 3.45. The van der Waals surface area contributed by atoms with E-state index in [2.05, 4.69) is 10.2 Å². The molecular formula is C21H25F6N3O2. The maximum absolute atomic E-state index is 13.8. The molecule has 0 bridgehead atoms. The highest BCUT2D eigenvalue weighted by Gasteiger charge is 2.44. The van der Waals surface area contributed by atoms with E-state index in [-0.39, 0.29) is 18.7 Å². The molecule has 1 heterocycles. The number of carbonyl (C=O) groups excluding carboxylic acids is 1. The number of carbonyl (C=O) groups is 1. The van der Waals surface area contributed by atoms with Crippen LogP contribution >= 0.6 is 0 Å². The van der Waals surface area contributed by atoms with Crippen molar-refractivity contribution < 1.29 is 36.2 Å². The monoisotopic (exact) mass is 465 g/mol. The summed E-state index contributed by atoms with van der Waals surface area (Å²) in [7, 11) is 0. The summed E-state index contributed by atoms with van der Waals surface area (Å²) < 4.78 is 79.3. The van der Waals surface area contributed by atoms with Gasteiger partial charge in [0.05, 0.1) is 24.8 Å². The lowest BCUT2D eigenvalue weighted by Gasteiger charge is -2.31. The van der Waals surface area contributed by atoms with E-state index in [9.17, 15) is 36.2 Å². The first-order chi connectivity index (χ1) is 14.8. The van der Waals surface area contributed by atoms with Gasteiger partial charge in [0, 0.05) is 30.9 Å². The van der Waals surface area contributed by atoms with Crippen LogP contribution in [0.15, 0.2) is 22.3 Å². The van der Waals surface area contributed by atoms with Gasteiger partial charge >= 0.3 is 6.18 Å². The summed E-state index contributed by atoms with van der Waals surface area (Å²) in [4.78, 5) is 14.0. The van der Waals surface area contributed by atoms with Gasteiger partial charge < -0.3 is 10.0 Å². The number of nitrogens with zero attached hydrogens (tertiary/aromatic N) is 3. The molecule has 0 aromatic heterocycles. The molecule has 3 atom stereocenters. The number of hydrogen-bond donors (Lipinski definition) is 1. The molecule has 1 aliphatic rings. The summed E-state index contributed by atoms with van der Waals surface area (Å²) >= 11 is 0. The highest BCUT2D eigenvalue weighted by atomic mass is 19.4. The molecule has 0 fully saturated rings. The number of aliphatic hydroxyl groups is 1. The Hall–Kier alpha value is -2.43. The van der Waals surface area contributed by atoms with Gasteiger partial charge in [-0.2, -0.15) is 23.4 Å². The zero-order chi connectivity index (χ0) is 24.2. The van der Waals surface area contributed by atoms with Gasteiger partial charge in [-0.3, -0.25) is 4.79 Å². The molecule has 11 heteroatoms. The van der Waals surface area contributed by atoms with Gasteiger partial charge in [0.1, 0.15) is 11.5 Å². The van der Waals surface area contributed by atoms with Crippen LogP contribution < -0.4 is 0 Å². The van der Waals surface area contributed by atoms with Crippen LogP contribution in [-0.4, -0.2) is 52.7 Å². The van der Waals surface area contributed by atoms with E-state index in [0.29, 0.717) is 24.3 Å². The van der Waals surface area contributed by atoms with E-state index in [4.69, 9.17) is 0 Å².